The molecule has 4 rings (SSSR count). The third-order valence-corrected chi connectivity index (χ3v) is 11.9. The van der Waals surface area contributed by atoms with Gasteiger partial charge in [-0.2, -0.15) is 0 Å². The smallest absolute Gasteiger partial charge is 0.318 e. The van der Waals surface area contributed by atoms with Crippen LogP contribution in [0.3, 0.4) is 0 Å². The Balaban J connectivity index is 1.69. The number of fused-ring (bicyclic) bond motifs is 5. The van der Waals surface area contributed by atoms with Crippen LogP contribution in [-0.4, -0.2) is 32.1 Å². The van der Waals surface area contributed by atoms with Crippen molar-refractivity contribution in [3.63, 3.8) is 0 Å². The molecule has 26 heavy (non-hydrogen) atoms. The Bertz CT molecular complexity index is 729. The molecule has 3 fully saturated rings. The molecule has 5 atom stereocenters. The van der Waals surface area contributed by atoms with E-state index in [1.807, 2.05) is 0 Å². The van der Waals surface area contributed by atoms with E-state index >= 15 is 0 Å². The number of carbonyl (C=O) groups excluding carboxylic acids is 3. The van der Waals surface area contributed by atoms with Gasteiger partial charge in [0.05, 0.1) is 11.8 Å². The molecular weight excluding hydrogens is 348 g/mol. The molecule has 4 aliphatic rings. The van der Waals surface area contributed by atoms with Crippen LogP contribution in [0.15, 0.2) is 11.1 Å². The second-order valence-electron chi connectivity index (χ2n) is 9.85. The molecule has 0 aromatic carbocycles. The predicted octanol–water partition coefficient (Wildman–Crippen LogP) is 3.39. The van der Waals surface area contributed by atoms with Crippen molar-refractivity contribution in [2.24, 2.45) is 23.7 Å². The van der Waals surface area contributed by atoms with Gasteiger partial charge in [0.2, 0.25) is 0 Å². The zero-order valence-corrected chi connectivity index (χ0v) is 17.3. The highest BCUT2D eigenvalue weighted by Gasteiger charge is 2.61. The van der Waals surface area contributed by atoms with E-state index in [-0.39, 0.29) is 28.8 Å². The van der Waals surface area contributed by atoms with Gasteiger partial charge in [0.25, 0.3) is 0 Å². The summed E-state index contributed by atoms with van der Waals surface area (Å²) in [5.74, 6) is -1.71. The van der Waals surface area contributed by atoms with E-state index in [0.29, 0.717) is 12.8 Å². The summed E-state index contributed by atoms with van der Waals surface area (Å²) in [6.45, 7) is 11.1. The van der Waals surface area contributed by atoms with Crippen LogP contribution in [-0.2, 0) is 23.5 Å². The first-order chi connectivity index (χ1) is 12.0. The van der Waals surface area contributed by atoms with Gasteiger partial charge in [0.15, 0.2) is 14.1 Å². The van der Waals surface area contributed by atoms with Gasteiger partial charge < -0.3 is 9.16 Å². The first-order valence-electron chi connectivity index (χ1n) is 9.71. The average Bonchev–Trinajstić information content (AvgIpc) is 3.14. The number of cyclic esters (lactones) is 2. The molecule has 1 aliphatic heterocycles. The number of ketones is 1. The van der Waals surface area contributed by atoms with Crippen LogP contribution >= 0.6 is 0 Å². The molecule has 142 valence electrons. The van der Waals surface area contributed by atoms with Crippen LogP contribution < -0.4 is 0 Å². The minimum Gasteiger partial charge on any atom is -0.414 e. The maximum Gasteiger partial charge on any atom is 0.318 e. The maximum absolute atomic E-state index is 12.6. The summed E-state index contributed by atoms with van der Waals surface area (Å²) in [6.07, 6.45) is 2.62. The van der Waals surface area contributed by atoms with E-state index in [1.165, 1.54) is 0 Å². The lowest BCUT2D eigenvalue weighted by Gasteiger charge is -2.38. The van der Waals surface area contributed by atoms with Crippen LogP contribution in [0.25, 0.3) is 0 Å². The van der Waals surface area contributed by atoms with Gasteiger partial charge in [0, 0.05) is 18.4 Å². The molecule has 6 heteroatoms. The van der Waals surface area contributed by atoms with Crippen molar-refractivity contribution in [2.75, 3.05) is 0 Å². The molecule has 0 aromatic rings. The van der Waals surface area contributed by atoms with E-state index < -0.39 is 32.1 Å². The van der Waals surface area contributed by atoms with Crippen molar-refractivity contribution >= 4 is 26.0 Å². The summed E-state index contributed by atoms with van der Waals surface area (Å²) in [4.78, 5) is 37.2. The molecule has 0 radical (unpaired) electrons. The monoisotopic (exact) mass is 376 g/mol. The molecule has 5 nitrogen and oxygen atoms in total. The van der Waals surface area contributed by atoms with E-state index in [9.17, 15) is 14.4 Å². The van der Waals surface area contributed by atoms with Gasteiger partial charge in [-0.25, -0.2) is 0 Å². The molecular formula is C20H28O5Si. The molecule has 0 unspecified atom stereocenters. The second-order valence-corrected chi connectivity index (χ2v) is 14.6. The van der Waals surface area contributed by atoms with E-state index in [4.69, 9.17) is 9.16 Å². The van der Waals surface area contributed by atoms with Gasteiger partial charge in [-0.1, -0.05) is 26.3 Å². The van der Waals surface area contributed by atoms with Crippen molar-refractivity contribution in [1.82, 2.24) is 0 Å². The highest BCUT2D eigenvalue weighted by molar-refractivity contribution is 6.74. The Morgan fingerprint density at radius 3 is 2.27 bits per heavy atom. The fourth-order valence-corrected chi connectivity index (χ4v) is 6.53. The summed E-state index contributed by atoms with van der Waals surface area (Å²) >= 11 is 0. The lowest BCUT2D eigenvalue weighted by molar-refractivity contribution is -0.154. The number of hydrogen-bond donors (Lipinski definition) is 0. The van der Waals surface area contributed by atoms with E-state index in [0.717, 1.165) is 24.0 Å². The molecule has 1 heterocycles. The number of rotatable bonds is 2. The second kappa shape index (κ2) is 5.61. The summed E-state index contributed by atoms with van der Waals surface area (Å²) in [6, 6.07) is 0. The average molecular weight is 377 g/mol. The normalized spacial score (nSPS) is 37.0. The van der Waals surface area contributed by atoms with Crippen LogP contribution in [0.5, 0.6) is 0 Å². The van der Waals surface area contributed by atoms with Crippen molar-refractivity contribution in [1.29, 1.82) is 0 Å². The Labute approximate surface area is 155 Å². The number of esters is 2. The van der Waals surface area contributed by atoms with Crippen LogP contribution in [0.1, 0.15) is 46.5 Å². The van der Waals surface area contributed by atoms with Crippen molar-refractivity contribution in [3.8, 4) is 0 Å². The minimum absolute atomic E-state index is 0.0275. The van der Waals surface area contributed by atoms with Gasteiger partial charge >= 0.3 is 11.9 Å². The fourth-order valence-electron chi connectivity index (χ4n) is 5.17. The first-order valence-corrected chi connectivity index (χ1v) is 12.6. The van der Waals surface area contributed by atoms with Gasteiger partial charge in [0.1, 0.15) is 0 Å². The zero-order chi connectivity index (χ0) is 19.0. The molecule has 0 amide bonds. The van der Waals surface area contributed by atoms with Crippen molar-refractivity contribution < 1.29 is 23.5 Å². The number of allylic oxidation sites excluding steroid dienone is 1. The summed E-state index contributed by atoms with van der Waals surface area (Å²) in [5.41, 5.74) is 1.93. The fraction of sp³-hybridized carbons (Fsp3) is 0.750. The third-order valence-electron chi connectivity index (χ3n) is 7.38. The molecule has 0 bridgehead atoms. The van der Waals surface area contributed by atoms with E-state index in [1.54, 1.807) is 0 Å². The molecule has 0 aromatic heterocycles. The molecule has 3 aliphatic carbocycles. The topological polar surface area (TPSA) is 69.7 Å². The Morgan fingerprint density at radius 1 is 1.04 bits per heavy atom. The quantitative estimate of drug-likeness (QED) is 0.420. The number of Topliss-reactive ketones (excluding diaryl/α,β-unsaturated/α-hetero) is 1. The molecule has 0 spiro atoms. The van der Waals surface area contributed by atoms with Crippen LogP contribution in [0, 0.1) is 23.7 Å². The summed E-state index contributed by atoms with van der Waals surface area (Å²) in [7, 11) is -1.94. The standard InChI is InChI=1S/C20H28O5Si/c1-20(2,3)26(4,5)25-10-8-12-13(9-10)17-16(18(22)24-19(17)23)11-6-7-14(21)15(11)12/h10-11,13,16-17H,6-9H2,1-5H3/t10-,11-,13+,16-,17+/m0/s1. The van der Waals surface area contributed by atoms with Gasteiger partial charge in [-0.05, 0) is 48.9 Å². The predicted molar refractivity (Wildman–Crippen MR) is 97.6 cm³/mol. The van der Waals surface area contributed by atoms with Crippen molar-refractivity contribution in [2.45, 2.75) is 70.7 Å². The lowest BCUT2D eigenvalue weighted by Crippen LogP contribution is -2.43. The first kappa shape index (κ1) is 18.1. The summed E-state index contributed by atoms with van der Waals surface area (Å²) < 4.78 is 11.6. The lowest BCUT2D eigenvalue weighted by atomic mass is 9.66. The number of ether oxygens (including phenoxy) is 1. The molecule has 1 saturated heterocycles. The Morgan fingerprint density at radius 2 is 1.65 bits per heavy atom. The van der Waals surface area contributed by atoms with Gasteiger partial charge in [-0.15, -0.1) is 0 Å². The SMILES string of the molecule is CC(C)(C)[Si](C)(C)O[C@H]1CC2=C3C(=O)CC[C@@H]3[C@@H]3C(=O)OC(=O)[C@@H]3[C@@H]2C1. The minimum atomic E-state index is -1.94. The third kappa shape index (κ3) is 2.48. The highest BCUT2D eigenvalue weighted by atomic mass is 28.4. The molecule has 2 saturated carbocycles. The largest absolute Gasteiger partial charge is 0.414 e. The molecule has 0 N–H and O–H groups in total. The summed E-state index contributed by atoms with van der Waals surface area (Å²) in [5, 5.41) is 0.106. The van der Waals surface area contributed by atoms with E-state index in [2.05, 4.69) is 33.9 Å². The zero-order valence-electron chi connectivity index (χ0n) is 16.3. The number of carbonyl (C=O) groups is 3. The van der Waals surface area contributed by atoms with Crippen LogP contribution in [0.4, 0.5) is 0 Å². The highest BCUT2D eigenvalue weighted by Crippen LogP contribution is 2.57. The maximum atomic E-state index is 12.6. The van der Waals surface area contributed by atoms with Crippen LogP contribution in [0.2, 0.25) is 18.1 Å². The Kier molecular flexibility index (Phi) is 3.91. The van der Waals surface area contributed by atoms with Gasteiger partial charge in [-0.3, -0.25) is 14.4 Å². The van der Waals surface area contributed by atoms with Crippen molar-refractivity contribution in [3.05, 3.63) is 11.1 Å². The Hall–Kier alpha value is -1.27. The number of hydrogen-bond acceptors (Lipinski definition) is 5.